The van der Waals surface area contributed by atoms with Gasteiger partial charge in [0.2, 0.25) is 0 Å². The van der Waals surface area contributed by atoms with Gasteiger partial charge in [0.05, 0.1) is 23.9 Å². The van der Waals surface area contributed by atoms with Crippen LogP contribution in [0.15, 0.2) is 60.9 Å². The molecule has 0 radical (unpaired) electrons. The summed E-state index contributed by atoms with van der Waals surface area (Å²) in [6.45, 7) is 1.40. The Bertz CT molecular complexity index is 1370. The number of aliphatic hydroxyl groups is 1. The minimum Gasteiger partial charge on any atom is -0.394 e. The van der Waals surface area contributed by atoms with Crippen molar-refractivity contribution in [2.24, 2.45) is 7.05 Å². The second-order valence-corrected chi connectivity index (χ2v) is 7.92. The van der Waals surface area contributed by atoms with Crippen LogP contribution in [0.25, 0.3) is 22.3 Å². The van der Waals surface area contributed by atoms with E-state index in [0.717, 1.165) is 16.8 Å². The monoisotopic (exact) mass is 463 g/mol. The second kappa shape index (κ2) is 9.40. The minimum absolute atomic E-state index is 0.216. The zero-order valence-electron chi connectivity index (χ0n) is 18.6. The van der Waals surface area contributed by atoms with E-state index in [-0.39, 0.29) is 11.4 Å². The van der Waals surface area contributed by atoms with Gasteiger partial charge in [-0.25, -0.2) is 13.8 Å². The molecule has 2 aromatic heterocycles. The van der Waals surface area contributed by atoms with E-state index < -0.39 is 30.2 Å². The van der Waals surface area contributed by atoms with E-state index >= 15 is 0 Å². The highest BCUT2D eigenvalue weighted by Crippen LogP contribution is 2.31. The van der Waals surface area contributed by atoms with E-state index in [1.807, 2.05) is 20.2 Å². The SMILES string of the molecule is Cc1nn(C)cc1-c1cnc(N)c(-c2ccc(C(=O)N[C@H](CO)c3cccc(F)c3)c(F)c2)c1. The van der Waals surface area contributed by atoms with Gasteiger partial charge in [-0.05, 0) is 48.4 Å². The average Bonchev–Trinajstić information content (AvgIpc) is 3.15. The van der Waals surface area contributed by atoms with E-state index in [9.17, 15) is 18.7 Å². The molecular formula is C25H23F2N5O2. The second-order valence-electron chi connectivity index (χ2n) is 7.92. The summed E-state index contributed by atoms with van der Waals surface area (Å²) >= 11 is 0. The van der Waals surface area contributed by atoms with Crippen molar-refractivity contribution in [3.05, 3.63) is 89.4 Å². The number of benzene rings is 2. The van der Waals surface area contributed by atoms with Gasteiger partial charge in [-0.2, -0.15) is 5.10 Å². The van der Waals surface area contributed by atoms with Crippen LogP contribution in [-0.2, 0) is 7.05 Å². The van der Waals surface area contributed by atoms with Gasteiger partial charge >= 0.3 is 0 Å². The molecular weight excluding hydrogens is 440 g/mol. The van der Waals surface area contributed by atoms with Crippen molar-refractivity contribution in [1.82, 2.24) is 20.1 Å². The van der Waals surface area contributed by atoms with Crippen LogP contribution in [0, 0.1) is 18.6 Å². The number of aliphatic hydroxyl groups excluding tert-OH is 1. The highest BCUT2D eigenvalue weighted by atomic mass is 19.1. The zero-order valence-corrected chi connectivity index (χ0v) is 18.6. The standard InChI is InChI=1S/C25H23F2N5O2/c1-14-21(12-32(2)31-14)17-9-20(24(28)29-11-17)15-6-7-19(22(27)10-15)25(34)30-23(13-33)16-4-3-5-18(26)8-16/h3-12,23,33H,13H2,1-2H3,(H2,28,29)(H,30,34)/t23-/m1/s1. The topological polar surface area (TPSA) is 106 Å². The van der Waals surface area contributed by atoms with Crippen LogP contribution in [0.4, 0.5) is 14.6 Å². The van der Waals surface area contributed by atoms with Crippen LogP contribution < -0.4 is 11.1 Å². The first-order chi connectivity index (χ1) is 16.3. The van der Waals surface area contributed by atoms with Gasteiger partial charge in [0.25, 0.3) is 5.91 Å². The maximum atomic E-state index is 15.0. The summed E-state index contributed by atoms with van der Waals surface area (Å²) in [6.07, 6.45) is 3.49. The van der Waals surface area contributed by atoms with Crippen molar-refractivity contribution in [2.45, 2.75) is 13.0 Å². The summed E-state index contributed by atoms with van der Waals surface area (Å²) in [5.41, 5.74) is 9.64. The average molecular weight is 463 g/mol. The number of aromatic nitrogens is 3. The van der Waals surface area contributed by atoms with E-state index in [2.05, 4.69) is 15.4 Å². The molecule has 0 aliphatic rings. The molecule has 7 nitrogen and oxygen atoms in total. The fraction of sp³-hybridized carbons (Fsp3) is 0.160. The summed E-state index contributed by atoms with van der Waals surface area (Å²) < 4.78 is 30.2. The molecule has 0 saturated carbocycles. The number of carbonyl (C=O) groups is 1. The fourth-order valence-corrected chi connectivity index (χ4v) is 3.80. The molecule has 2 aromatic carbocycles. The van der Waals surface area contributed by atoms with E-state index in [1.165, 1.54) is 30.3 Å². The summed E-state index contributed by atoms with van der Waals surface area (Å²) in [5, 5.41) is 16.5. The predicted octanol–water partition coefficient (Wildman–Crippen LogP) is 3.78. The first kappa shape index (κ1) is 23.1. The number of nitrogen functional groups attached to an aromatic ring is 1. The largest absolute Gasteiger partial charge is 0.394 e. The molecule has 9 heteroatoms. The summed E-state index contributed by atoms with van der Waals surface area (Å²) in [5.74, 6) is -1.80. The van der Waals surface area contributed by atoms with Gasteiger partial charge in [0.15, 0.2) is 0 Å². The Hall–Kier alpha value is -4.11. The van der Waals surface area contributed by atoms with Gasteiger partial charge in [-0.3, -0.25) is 9.48 Å². The number of hydrogen-bond donors (Lipinski definition) is 3. The molecule has 0 bridgehead atoms. The minimum atomic E-state index is -0.887. The Morgan fingerprint density at radius 1 is 1.15 bits per heavy atom. The normalized spacial score (nSPS) is 11.9. The number of halogens is 2. The number of hydrogen-bond acceptors (Lipinski definition) is 5. The van der Waals surface area contributed by atoms with Gasteiger partial charge in [-0.15, -0.1) is 0 Å². The van der Waals surface area contributed by atoms with Gasteiger partial charge < -0.3 is 16.2 Å². The van der Waals surface area contributed by atoms with Gasteiger partial charge in [0, 0.05) is 36.1 Å². The molecule has 174 valence electrons. The van der Waals surface area contributed by atoms with E-state index in [1.54, 1.807) is 29.1 Å². The van der Waals surface area contributed by atoms with Crippen LogP contribution in [0.5, 0.6) is 0 Å². The highest BCUT2D eigenvalue weighted by molar-refractivity contribution is 5.95. The van der Waals surface area contributed by atoms with Crippen LogP contribution in [-0.4, -0.2) is 32.4 Å². The summed E-state index contributed by atoms with van der Waals surface area (Å²) in [6, 6.07) is 10.5. The number of nitrogens with two attached hydrogens (primary N) is 1. The van der Waals surface area contributed by atoms with Crippen molar-refractivity contribution in [1.29, 1.82) is 0 Å². The number of nitrogens with zero attached hydrogens (tertiary/aromatic N) is 3. The number of aryl methyl sites for hydroxylation is 2. The number of anilines is 1. The lowest BCUT2D eigenvalue weighted by Crippen LogP contribution is -2.31. The smallest absolute Gasteiger partial charge is 0.254 e. The quantitative estimate of drug-likeness (QED) is 0.404. The summed E-state index contributed by atoms with van der Waals surface area (Å²) in [4.78, 5) is 16.9. The van der Waals surface area contributed by atoms with Crippen molar-refractivity contribution < 1.29 is 18.7 Å². The number of amides is 1. The molecule has 4 aromatic rings. The fourth-order valence-electron chi connectivity index (χ4n) is 3.80. The molecule has 0 fully saturated rings. The van der Waals surface area contributed by atoms with Crippen LogP contribution in [0.3, 0.4) is 0 Å². The lowest BCUT2D eigenvalue weighted by atomic mass is 9.99. The predicted molar refractivity (Wildman–Crippen MR) is 125 cm³/mol. The summed E-state index contributed by atoms with van der Waals surface area (Å²) in [7, 11) is 1.82. The van der Waals surface area contributed by atoms with Crippen molar-refractivity contribution in [3.63, 3.8) is 0 Å². The highest BCUT2D eigenvalue weighted by Gasteiger charge is 2.19. The molecule has 0 spiro atoms. The number of carbonyl (C=O) groups excluding carboxylic acids is 1. The van der Waals surface area contributed by atoms with Gasteiger partial charge in [0.1, 0.15) is 17.5 Å². The van der Waals surface area contributed by atoms with Crippen LogP contribution >= 0.6 is 0 Å². The van der Waals surface area contributed by atoms with Crippen molar-refractivity contribution >= 4 is 11.7 Å². The Morgan fingerprint density at radius 3 is 2.59 bits per heavy atom. The number of pyridine rings is 1. The maximum Gasteiger partial charge on any atom is 0.254 e. The Labute approximate surface area is 194 Å². The lowest BCUT2D eigenvalue weighted by molar-refractivity contribution is 0.0912. The first-order valence-corrected chi connectivity index (χ1v) is 10.5. The Balaban J connectivity index is 1.61. The van der Waals surface area contributed by atoms with Crippen molar-refractivity contribution in [2.75, 3.05) is 12.3 Å². The Morgan fingerprint density at radius 2 is 1.94 bits per heavy atom. The molecule has 1 amide bonds. The van der Waals surface area contributed by atoms with E-state index in [0.29, 0.717) is 16.7 Å². The molecule has 4 rings (SSSR count). The molecule has 4 N–H and O–H groups in total. The third-order valence-electron chi connectivity index (χ3n) is 5.51. The van der Waals surface area contributed by atoms with E-state index in [4.69, 9.17) is 5.73 Å². The molecule has 34 heavy (non-hydrogen) atoms. The molecule has 1 atom stereocenters. The molecule has 2 heterocycles. The van der Waals surface area contributed by atoms with Crippen LogP contribution in [0.1, 0.15) is 27.7 Å². The van der Waals surface area contributed by atoms with Gasteiger partial charge in [-0.1, -0.05) is 18.2 Å². The number of nitrogens with one attached hydrogen (secondary N) is 1. The molecule has 0 aliphatic heterocycles. The first-order valence-electron chi connectivity index (χ1n) is 10.5. The molecule has 0 saturated heterocycles. The van der Waals surface area contributed by atoms with Crippen LogP contribution in [0.2, 0.25) is 0 Å². The lowest BCUT2D eigenvalue weighted by Gasteiger charge is -2.17. The third-order valence-corrected chi connectivity index (χ3v) is 5.51. The van der Waals surface area contributed by atoms with Crippen molar-refractivity contribution in [3.8, 4) is 22.3 Å². The zero-order chi connectivity index (χ0) is 24.4. The molecule has 0 aliphatic carbocycles. The number of rotatable bonds is 6. The maximum absolute atomic E-state index is 15.0. The Kier molecular flexibility index (Phi) is 6.38. The molecule has 0 unspecified atom stereocenters. The third kappa shape index (κ3) is 4.65.